The second kappa shape index (κ2) is 6.78. The Hall–Kier alpha value is -1.26. The van der Waals surface area contributed by atoms with Crippen LogP contribution in [0.15, 0.2) is 0 Å². The van der Waals surface area contributed by atoms with Gasteiger partial charge in [0.15, 0.2) is 0 Å². The standard InChI is InChI=1S/C14H26N2O3/c1-10(2)9-16(11(3)4)14(19)15-7-5-12(6-8-15)13(17)18/h10-12H,5-9H2,1-4H3,(H,17,18). The minimum atomic E-state index is -0.741. The second-order valence-corrected chi connectivity index (χ2v) is 6.02. The number of urea groups is 1. The minimum Gasteiger partial charge on any atom is -0.481 e. The van der Waals surface area contributed by atoms with E-state index in [0.717, 1.165) is 6.54 Å². The molecule has 0 aromatic heterocycles. The Morgan fingerprint density at radius 2 is 1.74 bits per heavy atom. The molecule has 110 valence electrons. The highest BCUT2D eigenvalue weighted by atomic mass is 16.4. The lowest BCUT2D eigenvalue weighted by Crippen LogP contribution is -2.50. The highest BCUT2D eigenvalue weighted by molar-refractivity contribution is 5.76. The molecular formula is C14H26N2O3. The van der Waals surface area contributed by atoms with Crippen molar-refractivity contribution in [1.82, 2.24) is 9.80 Å². The summed E-state index contributed by atoms with van der Waals surface area (Å²) in [5.74, 6) is -0.598. The lowest BCUT2D eigenvalue weighted by atomic mass is 9.97. The predicted molar refractivity (Wildman–Crippen MR) is 74.0 cm³/mol. The molecule has 19 heavy (non-hydrogen) atoms. The lowest BCUT2D eigenvalue weighted by Gasteiger charge is -2.37. The van der Waals surface area contributed by atoms with Crippen molar-refractivity contribution in [2.24, 2.45) is 11.8 Å². The topological polar surface area (TPSA) is 60.9 Å². The van der Waals surface area contributed by atoms with Gasteiger partial charge in [-0.3, -0.25) is 4.79 Å². The number of nitrogens with zero attached hydrogens (tertiary/aromatic N) is 2. The van der Waals surface area contributed by atoms with Gasteiger partial charge in [0, 0.05) is 25.7 Å². The SMILES string of the molecule is CC(C)CN(C(=O)N1CCC(C(=O)O)CC1)C(C)C. The van der Waals surface area contributed by atoms with E-state index in [9.17, 15) is 9.59 Å². The number of amides is 2. The van der Waals surface area contributed by atoms with Gasteiger partial charge in [-0.25, -0.2) is 4.79 Å². The van der Waals surface area contributed by atoms with Crippen LogP contribution in [0.1, 0.15) is 40.5 Å². The van der Waals surface area contributed by atoms with Gasteiger partial charge < -0.3 is 14.9 Å². The van der Waals surface area contributed by atoms with Crippen LogP contribution in [0, 0.1) is 11.8 Å². The molecule has 5 nitrogen and oxygen atoms in total. The van der Waals surface area contributed by atoms with Gasteiger partial charge in [-0.15, -0.1) is 0 Å². The quantitative estimate of drug-likeness (QED) is 0.852. The maximum Gasteiger partial charge on any atom is 0.320 e. The number of likely N-dealkylation sites (tertiary alicyclic amines) is 1. The molecule has 1 N–H and O–H groups in total. The average molecular weight is 270 g/mol. The summed E-state index contributed by atoms with van der Waals surface area (Å²) in [6, 6.07) is 0.222. The number of hydrogen-bond donors (Lipinski definition) is 1. The molecule has 5 heteroatoms. The third-order valence-electron chi connectivity index (χ3n) is 3.55. The maximum atomic E-state index is 12.5. The fourth-order valence-corrected chi connectivity index (χ4v) is 2.40. The molecule has 0 atom stereocenters. The number of carbonyl (C=O) groups excluding carboxylic acids is 1. The monoisotopic (exact) mass is 270 g/mol. The van der Waals surface area contributed by atoms with Crippen molar-refractivity contribution in [2.75, 3.05) is 19.6 Å². The van der Waals surface area contributed by atoms with Crippen LogP contribution in [-0.2, 0) is 4.79 Å². The van der Waals surface area contributed by atoms with Crippen LogP contribution in [0.4, 0.5) is 4.79 Å². The number of piperidine rings is 1. The Labute approximate surface area is 115 Å². The van der Waals surface area contributed by atoms with E-state index in [1.54, 1.807) is 4.90 Å². The van der Waals surface area contributed by atoms with E-state index in [0.29, 0.717) is 31.8 Å². The number of carbonyl (C=O) groups is 2. The second-order valence-electron chi connectivity index (χ2n) is 6.02. The lowest BCUT2D eigenvalue weighted by molar-refractivity contribution is -0.143. The first kappa shape index (κ1) is 15.8. The Morgan fingerprint density at radius 3 is 2.11 bits per heavy atom. The number of hydrogen-bond acceptors (Lipinski definition) is 2. The summed E-state index contributed by atoms with van der Waals surface area (Å²) in [5.41, 5.74) is 0. The fraction of sp³-hybridized carbons (Fsp3) is 0.857. The van der Waals surface area contributed by atoms with Gasteiger partial charge in [0.2, 0.25) is 0 Å². The van der Waals surface area contributed by atoms with Crippen LogP contribution in [0.3, 0.4) is 0 Å². The normalized spacial score (nSPS) is 17.1. The van der Waals surface area contributed by atoms with Crippen LogP contribution >= 0.6 is 0 Å². The molecule has 1 fully saturated rings. The van der Waals surface area contributed by atoms with Crippen molar-refractivity contribution in [1.29, 1.82) is 0 Å². The Bertz CT molecular complexity index is 321. The summed E-state index contributed by atoms with van der Waals surface area (Å²) in [6.07, 6.45) is 1.13. The number of carboxylic acids is 1. The largest absolute Gasteiger partial charge is 0.481 e. The smallest absolute Gasteiger partial charge is 0.320 e. The van der Waals surface area contributed by atoms with Crippen molar-refractivity contribution < 1.29 is 14.7 Å². The molecule has 0 radical (unpaired) electrons. The van der Waals surface area contributed by atoms with E-state index >= 15 is 0 Å². The van der Waals surface area contributed by atoms with Gasteiger partial charge >= 0.3 is 12.0 Å². The zero-order valence-electron chi connectivity index (χ0n) is 12.4. The summed E-state index contributed by atoms with van der Waals surface area (Å²) in [5, 5.41) is 8.97. The molecule has 0 aromatic carbocycles. The van der Waals surface area contributed by atoms with Crippen LogP contribution in [-0.4, -0.2) is 52.6 Å². The average Bonchev–Trinajstić information content (AvgIpc) is 2.34. The Morgan fingerprint density at radius 1 is 1.21 bits per heavy atom. The van der Waals surface area contributed by atoms with Gasteiger partial charge in [-0.1, -0.05) is 13.8 Å². The number of aliphatic carboxylic acids is 1. The molecule has 1 aliphatic rings. The summed E-state index contributed by atoms with van der Waals surface area (Å²) in [6.45, 7) is 10.1. The van der Waals surface area contributed by atoms with Gasteiger partial charge in [-0.2, -0.15) is 0 Å². The zero-order valence-corrected chi connectivity index (χ0v) is 12.4. The molecule has 0 aliphatic carbocycles. The third-order valence-corrected chi connectivity index (χ3v) is 3.55. The molecule has 1 saturated heterocycles. The van der Waals surface area contributed by atoms with E-state index < -0.39 is 5.97 Å². The summed E-state index contributed by atoms with van der Waals surface area (Å²) < 4.78 is 0. The molecule has 2 amide bonds. The fourth-order valence-electron chi connectivity index (χ4n) is 2.40. The number of carboxylic acid groups (broad SMARTS) is 1. The molecule has 1 aliphatic heterocycles. The van der Waals surface area contributed by atoms with E-state index in [2.05, 4.69) is 13.8 Å². The van der Waals surface area contributed by atoms with Crippen LogP contribution in [0.5, 0.6) is 0 Å². The first-order chi connectivity index (χ1) is 8.82. The van der Waals surface area contributed by atoms with Crippen LogP contribution in [0.2, 0.25) is 0 Å². The Balaban J connectivity index is 2.59. The van der Waals surface area contributed by atoms with Crippen molar-refractivity contribution in [3.05, 3.63) is 0 Å². The highest BCUT2D eigenvalue weighted by Crippen LogP contribution is 2.19. The van der Waals surface area contributed by atoms with Crippen molar-refractivity contribution in [3.8, 4) is 0 Å². The van der Waals surface area contributed by atoms with Crippen LogP contribution < -0.4 is 0 Å². The van der Waals surface area contributed by atoms with Crippen LogP contribution in [0.25, 0.3) is 0 Å². The Kier molecular flexibility index (Phi) is 5.63. The first-order valence-corrected chi connectivity index (χ1v) is 7.11. The number of rotatable bonds is 4. The van der Waals surface area contributed by atoms with E-state index in [-0.39, 0.29) is 18.0 Å². The molecular weight excluding hydrogens is 244 g/mol. The van der Waals surface area contributed by atoms with Gasteiger partial charge in [0.25, 0.3) is 0 Å². The van der Waals surface area contributed by atoms with E-state index in [1.807, 2.05) is 18.7 Å². The molecule has 0 saturated carbocycles. The first-order valence-electron chi connectivity index (χ1n) is 7.11. The predicted octanol–water partition coefficient (Wildman–Crippen LogP) is 2.27. The molecule has 1 heterocycles. The molecule has 0 spiro atoms. The summed E-state index contributed by atoms with van der Waals surface area (Å²) >= 11 is 0. The third kappa shape index (κ3) is 4.40. The van der Waals surface area contributed by atoms with E-state index in [4.69, 9.17) is 5.11 Å². The van der Waals surface area contributed by atoms with Crippen molar-refractivity contribution >= 4 is 12.0 Å². The van der Waals surface area contributed by atoms with Gasteiger partial charge in [0.1, 0.15) is 0 Å². The molecule has 0 unspecified atom stereocenters. The maximum absolute atomic E-state index is 12.5. The minimum absolute atomic E-state index is 0.0486. The van der Waals surface area contributed by atoms with Gasteiger partial charge in [0.05, 0.1) is 5.92 Å². The summed E-state index contributed by atoms with van der Waals surface area (Å²) in [7, 11) is 0. The van der Waals surface area contributed by atoms with Gasteiger partial charge in [-0.05, 0) is 32.6 Å². The molecule has 0 bridgehead atoms. The summed E-state index contributed by atoms with van der Waals surface area (Å²) in [4.78, 5) is 27.0. The zero-order chi connectivity index (χ0) is 14.6. The molecule has 1 rings (SSSR count). The molecule has 0 aromatic rings. The van der Waals surface area contributed by atoms with Crippen molar-refractivity contribution in [2.45, 2.75) is 46.6 Å². The highest BCUT2D eigenvalue weighted by Gasteiger charge is 2.30. The van der Waals surface area contributed by atoms with E-state index in [1.165, 1.54) is 0 Å². The van der Waals surface area contributed by atoms with Crippen molar-refractivity contribution in [3.63, 3.8) is 0 Å².